The lowest BCUT2D eigenvalue weighted by Gasteiger charge is -2.16. The van der Waals surface area contributed by atoms with Crippen molar-refractivity contribution in [1.29, 1.82) is 0 Å². The van der Waals surface area contributed by atoms with Gasteiger partial charge in [0.2, 0.25) is 0 Å². The summed E-state index contributed by atoms with van der Waals surface area (Å²) in [7, 11) is 0. The van der Waals surface area contributed by atoms with Crippen LogP contribution in [0.3, 0.4) is 0 Å². The van der Waals surface area contributed by atoms with E-state index in [4.69, 9.17) is 19.3 Å². The van der Waals surface area contributed by atoms with Gasteiger partial charge in [-0.15, -0.1) is 0 Å². The van der Waals surface area contributed by atoms with Gasteiger partial charge in [0.15, 0.2) is 6.10 Å². The quantitative estimate of drug-likeness (QED) is 0.760. The fraction of sp³-hybridized carbons (Fsp3) is 0.429. The van der Waals surface area contributed by atoms with Crippen molar-refractivity contribution in [3.63, 3.8) is 0 Å². The zero-order chi connectivity index (χ0) is 15.0. The molecule has 2 fully saturated rings. The number of aromatic carboxylic acids is 1. The lowest BCUT2D eigenvalue weighted by atomic mass is 10.1. The number of carboxylic acid groups (broad SMARTS) is 1. The summed E-state index contributed by atoms with van der Waals surface area (Å²) in [5, 5.41) is 18.5. The molecule has 1 aromatic rings. The summed E-state index contributed by atoms with van der Waals surface area (Å²) < 4.78 is 16.0. The average molecular weight is 294 g/mol. The fourth-order valence-corrected chi connectivity index (χ4v) is 2.53. The Balaban J connectivity index is 1.69. The Hall–Kier alpha value is -1.96. The first-order chi connectivity index (χ1) is 10.1. The third kappa shape index (κ3) is 2.63. The van der Waals surface area contributed by atoms with Gasteiger partial charge in [-0.05, 0) is 18.2 Å². The van der Waals surface area contributed by atoms with Crippen LogP contribution in [0.4, 0.5) is 0 Å². The molecule has 2 saturated heterocycles. The number of carbonyl (C=O) groups is 2. The van der Waals surface area contributed by atoms with Crippen LogP contribution in [0.5, 0.6) is 0 Å². The number of aliphatic hydroxyl groups is 1. The molecule has 3 rings (SSSR count). The Morgan fingerprint density at radius 2 is 1.86 bits per heavy atom. The van der Waals surface area contributed by atoms with E-state index in [9.17, 15) is 14.7 Å². The van der Waals surface area contributed by atoms with E-state index >= 15 is 0 Å². The minimum atomic E-state index is -1.11. The molecule has 0 aromatic heterocycles. The van der Waals surface area contributed by atoms with Crippen molar-refractivity contribution in [3.05, 3.63) is 35.4 Å². The van der Waals surface area contributed by atoms with Crippen molar-refractivity contribution >= 4 is 11.9 Å². The van der Waals surface area contributed by atoms with Gasteiger partial charge in [0, 0.05) is 0 Å². The number of fused-ring (bicyclic) bond motifs is 1. The Kier molecular flexibility index (Phi) is 3.62. The molecule has 1 aromatic carbocycles. The van der Waals surface area contributed by atoms with Gasteiger partial charge >= 0.3 is 11.9 Å². The minimum Gasteiger partial charge on any atom is -0.478 e. The van der Waals surface area contributed by atoms with Gasteiger partial charge in [-0.3, -0.25) is 0 Å². The third-order valence-electron chi connectivity index (χ3n) is 3.59. The van der Waals surface area contributed by atoms with Crippen LogP contribution in [-0.4, -0.2) is 59.8 Å². The van der Waals surface area contributed by atoms with Crippen LogP contribution in [0.2, 0.25) is 0 Å². The standard InChI is InChI=1S/C14H14O7/c15-9-5-19-12-10(6-20-11(9)12)21-14(18)8-3-1-2-7(4-8)13(16)17/h1-4,9-12,15H,5-6H2,(H,16,17)/t9-,10+,11-,12-/m1/s1. The molecule has 0 bridgehead atoms. The van der Waals surface area contributed by atoms with Crippen LogP contribution in [0.15, 0.2) is 24.3 Å². The highest BCUT2D eigenvalue weighted by molar-refractivity contribution is 5.94. The summed E-state index contributed by atoms with van der Waals surface area (Å²) in [6, 6.07) is 5.60. The molecule has 0 aliphatic carbocycles. The number of benzene rings is 1. The average Bonchev–Trinajstić information content (AvgIpc) is 3.03. The fourth-order valence-electron chi connectivity index (χ4n) is 2.53. The molecular weight excluding hydrogens is 280 g/mol. The van der Waals surface area contributed by atoms with E-state index in [1.54, 1.807) is 0 Å². The lowest BCUT2D eigenvalue weighted by molar-refractivity contribution is -0.0209. The number of hydrogen-bond acceptors (Lipinski definition) is 6. The van der Waals surface area contributed by atoms with Crippen LogP contribution < -0.4 is 0 Å². The van der Waals surface area contributed by atoms with E-state index in [-0.39, 0.29) is 24.3 Å². The Morgan fingerprint density at radius 3 is 2.62 bits per heavy atom. The van der Waals surface area contributed by atoms with Crippen molar-refractivity contribution in [2.75, 3.05) is 13.2 Å². The van der Waals surface area contributed by atoms with Crippen LogP contribution in [0.1, 0.15) is 20.7 Å². The van der Waals surface area contributed by atoms with Crippen LogP contribution >= 0.6 is 0 Å². The molecule has 0 amide bonds. The number of carboxylic acids is 1. The molecule has 0 spiro atoms. The van der Waals surface area contributed by atoms with E-state index in [1.807, 2.05) is 0 Å². The molecule has 7 nitrogen and oxygen atoms in total. The van der Waals surface area contributed by atoms with E-state index in [0.29, 0.717) is 0 Å². The zero-order valence-corrected chi connectivity index (χ0v) is 11.0. The minimum absolute atomic E-state index is 0.0116. The first-order valence-corrected chi connectivity index (χ1v) is 6.52. The summed E-state index contributed by atoms with van der Waals surface area (Å²) >= 11 is 0. The van der Waals surface area contributed by atoms with Crippen LogP contribution in [-0.2, 0) is 14.2 Å². The highest BCUT2D eigenvalue weighted by Crippen LogP contribution is 2.29. The Bertz CT molecular complexity index is 570. The monoisotopic (exact) mass is 294 g/mol. The summed E-state index contributed by atoms with van der Waals surface area (Å²) in [6.07, 6.45) is -2.28. The second-order valence-electron chi connectivity index (χ2n) is 4.99. The van der Waals surface area contributed by atoms with E-state index in [2.05, 4.69) is 0 Å². The first-order valence-electron chi connectivity index (χ1n) is 6.52. The van der Waals surface area contributed by atoms with Crippen LogP contribution in [0.25, 0.3) is 0 Å². The topological polar surface area (TPSA) is 102 Å². The molecule has 2 aliphatic heterocycles. The van der Waals surface area contributed by atoms with Crippen molar-refractivity contribution in [1.82, 2.24) is 0 Å². The Labute approximate surface area is 120 Å². The summed E-state index contributed by atoms with van der Waals surface area (Å²) in [4.78, 5) is 22.9. The molecule has 2 N–H and O–H groups in total. The molecule has 7 heteroatoms. The molecule has 4 atom stereocenters. The van der Waals surface area contributed by atoms with Crippen molar-refractivity contribution < 1.29 is 34.0 Å². The predicted molar refractivity (Wildman–Crippen MR) is 68.1 cm³/mol. The third-order valence-corrected chi connectivity index (χ3v) is 3.59. The normalized spacial score (nSPS) is 30.9. The summed E-state index contributed by atoms with van der Waals surface area (Å²) in [6.45, 7) is 0.300. The maximum absolute atomic E-state index is 12.1. The number of ether oxygens (including phenoxy) is 3. The van der Waals surface area contributed by atoms with Gasteiger partial charge in [0.25, 0.3) is 0 Å². The number of hydrogen-bond donors (Lipinski definition) is 2. The van der Waals surface area contributed by atoms with Crippen molar-refractivity contribution in [2.45, 2.75) is 24.4 Å². The molecule has 112 valence electrons. The van der Waals surface area contributed by atoms with Gasteiger partial charge in [0.05, 0.1) is 24.3 Å². The van der Waals surface area contributed by atoms with E-state index in [1.165, 1.54) is 24.3 Å². The smallest absolute Gasteiger partial charge is 0.338 e. The predicted octanol–water partition coefficient (Wildman–Crippen LogP) is 0.0687. The molecule has 0 unspecified atom stereocenters. The number of rotatable bonds is 3. The van der Waals surface area contributed by atoms with Gasteiger partial charge in [-0.2, -0.15) is 0 Å². The molecule has 0 radical (unpaired) electrons. The SMILES string of the molecule is O=C(O)c1cccc(C(=O)O[C@H]2CO[C@H]3[C@@H]2OC[C@H]3O)c1. The summed E-state index contributed by atoms with van der Waals surface area (Å²) in [5.41, 5.74) is 0.162. The molecule has 2 heterocycles. The van der Waals surface area contributed by atoms with Crippen molar-refractivity contribution in [3.8, 4) is 0 Å². The van der Waals surface area contributed by atoms with Gasteiger partial charge in [-0.25, -0.2) is 9.59 Å². The second-order valence-corrected chi connectivity index (χ2v) is 4.99. The van der Waals surface area contributed by atoms with E-state index in [0.717, 1.165) is 0 Å². The molecule has 0 saturated carbocycles. The maximum Gasteiger partial charge on any atom is 0.338 e. The van der Waals surface area contributed by atoms with Gasteiger partial charge in [0.1, 0.15) is 18.3 Å². The number of aliphatic hydroxyl groups excluding tert-OH is 1. The zero-order valence-electron chi connectivity index (χ0n) is 11.0. The van der Waals surface area contributed by atoms with Crippen molar-refractivity contribution in [2.24, 2.45) is 0 Å². The lowest BCUT2D eigenvalue weighted by Crippen LogP contribution is -2.34. The molecule has 21 heavy (non-hydrogen) atoms. The number of esters is 1. The van der Waals surface area contributed by atoms with Gasteiger partial charge < -0.3 is 24.4 Å². The second kappa shape index (κ2) is 5.44. The highest BCUT2D eigenvalue weighted by atomic mass is 16.6. The first kappa shape index (κ1) is 14.0. The van der Waals surface area contributed by atoms with Gasteiger partial charge in [-0.1, -0.05) is 6.07 Å². The van der Waals surface area contributed by atoms with E-state index < -0.39 is 36.4 Å². The largest absolute Gasteiger partial charge is 0.478 e. The Morgan fingerprint density at radius 1 is 1.14 bits per heavy atom. The molecular formula is C14H14O7. The highest BCUT2D eigenvalue weighted by Gasteiger charge is 2.48. The summed E-state index contributed by atoms with van der Waals surface area (Å²) in [5.74, 6) is -1.76. The maximum atomic E-state index is 12.1. The molecule has 2 aliphatic rings. The number of carbonyl (C=O) groups excluding carboxylic acids is 1. The van der Waals surface area contributed by atoms with Crippen LogP contribution in [0, 0.1) is 0 Å².